The molecule has 2 aromatic rings. The zero-order valence-electron chi connectivity index (χ0n) is 15.5. The van der Waals surface area contributed by atoms with Crippen LogP contribution in [0.1, 0.15) is 42.7 Å². The van der Waals surface area contributed by atoms with Gasteiger partial charge in [0.15, 0.2) is 12.0 Å². The Balaban J connectivity index is 1.81. The largest absolute Gasteiger partial charge is 0.496 e. The van der Waals surface area contributed by atoms with Gasteiger partial charge < -0.3 is 14.2 Å². The molecule has 0 saturated heterocycles. The second-order valence-corrected chi connectivity index (χ2v) is 6.70. The number of carbonyl (C=O) groups is 1. The molecule has 2 aliphatic rings. The van der Waals surface area contributed by atoms with E-state index >= 15 is 0 Å². The maximum Gasteiger partial charge on any atom is 0.180 e. The van der Waals surface area contributed by atoms with E-state index in [0.29, 0.717) is 6.42 Å². The summed E-state index contributed by atoms with van der Waals surface area (Å²) >= 11 is 0. The van der Waals surface area contributed by atoms with Crippen molar-refractivity contribution in [1.82, 2.24) is 5.32 Å². The molecule has 27 heavy (non-hydrogen) atoms. The summed E-state index contributed by atoms with van der Waals surface area (Å²) in [5, 5.41) is 3.50. The van der Waals surface area contributed by atoms with Crippen molar-refractivity contribution in [1.29, 1.82) is 0 Å². The summed E-state index contributed by atoms with van der Waals surface area (Å²) in [5.74, 6) is 2.41. The Bertz CT molecular complexity index is 889. The number of hydrogen-bond donors (Lipinski definition) is 1. The van der Waals surface area contributed by atoms with Gasteiger partial charge in [-0.25, -0.2) is 0 Å². The Hall–Kier alpha value is -2.79. The molecule has 0 aromatic heterocycles. The van der Waals surface area contributed by atoms with Gasteiger partial charge in [0.05, 0.1) is 25.8 Å². The predicted octanol–water partition coefficient (Wildman–Crippen LogP) is 4.07. The molecule has 0 fully saturated rings. The molecule has 0 saturated carbocycles. The Morgan fingerprint density at radius 3 is 2.26 bits per heavy atom. The van der Waals surface area contributed by atoms with Gasteiger partial charge in [-0.15, -0.1) is 0 Å². The first-order chi connectivity index (χ1) is 13.2. The molecule has 1 heterocycles. The summed E-state index contributed by atoms with van der Waals surface area (Å²) in [7, 11) is 3.29. The van der Waals surface area contributed by atoms with Gasteiger partial charge in [0.2, 0.25) is 0 Å². The molecule has 2 atom stereocenters. The number of rotatable bonds is 4. The number of ether oxygens (including phenoxy) is 3. The highest BCUT2D eigenvalue weighted by Gasteiger charge is 2.38. The van der Waals surface area contributed by atoms with E-state index in [2.05, 4.69) is 5.32 Å². The van der Waals surface area contributed by atoms with Crippen molar-refractivity contribution in [2.45, 2.75) is 31.5 Å². The number of nitrogens with one attached hydrogen (secondary N) is 1. The number of hydrogen-bond acceptors (Lipinski definition) is 5. The molecule has 0 radical (unpaired) electrons. The van der Waals surface area contributed by atoms with Crippen LogP contribution in [0.15, 0.2) is 59.9 Å². The first-order valence-electron chi connectivity index (χ1n) is 9.17. The fourth-order valence-electron chi connectivity index (χ4n) is 3.88. The quantitative estimate of drug-likeness (QED) is 0.885. The molecule has 0 bridgehead atoms. The zero-order valence-corrected chi connectivity index (χ0v) is 15.5. The summed E-state index contributed by atoms with van der Waals surface area (Å²) in [6, 6.07) is 15.3. The predicted molar refractivity (Wildman–Crippen MR) is 102 cm³/mol. The van der Waals surface area contributed by atoms with Crippen molar-refractivity contribution in [3.8, 4) is 11.5 Å². The van der Waals surface area contributed by atoms with Gasteiger partial charge >= 0.3 is 0 Å². The maximum absolute atomic E-state index is 12.7. The molecular formula is C22H23NO4. The second kappa shape index (κ2) is 7.45. The summed E-state index contributed by atoms with van der Waals surface area (Å²) in [5.41, 5.74) is 2.56. The molecule has 0 amide bonds. The highest BCUT2D eigenvalue weighted by molar-refractivity contribution is 5.98. The first kappa shape index (κ1) is 17.6. The molecule has 4 rings (SSSR count). The monoisotopic (exact) mass is 365 g/mol. The summed E-state index contributed by atoms with van der Waals surface area (Å²) in [6.45, 7) is 0. The van der Waals surface area contributed by atoms with Crippen LogP contribution in [0.4, 0.5) is 0 Å². The summed E-state index contributed by atoms with van der Waals surface area (Å²) in [4.78, 5) is 12.7. The third-order valence-electron chi connectivity index (χ3n) is 5.15. The smallest absolute Gasteiger partial charge is 0.180 e. The van der Waals surface area contributed by atoms with Gasteiger partial charge in [0.25, 0.3) is 0 Å². The summed E-state index contributed by atoms with van der Waals surface area (Å²) < 4.78 is 17.3. The lowest BCUT2D eigenvalue weighted by atomic mass is 9.85. The fourth-order valence-corrected chi connectivity index (χ4v) is 3.88. The average Bonchev–Trinajstić information content (AvgIpc) is 2.73. The number of benzene rings is 2. The molecule has 5 heteroatoms. The minimum absolute atomic E-state index is 0.137. The van der Waals surface area contributed by atoms with E-state index < -0.39 is 6.23 Å². The van der Waals surface area contributed by atoms with E-state index in [4.69, 9.17) is 14.2 Å². The Morgan fingerprint density at radius 2 is 1.56 bits per heavy atom. The normalized spacial score (nSPS) is 22.1. The van der Waals surface area contributed by atoms with Crippen LogP contribution in [0.5, 0.6) is 11.5 Å². The second-order valence-electron chi connectivity index (χ2n) is 6.70. The fraction of sp³-hybridized carbons (Fsp3) is 0.318. The van der Waals surface area contributed by atoms with Crippen LogP contribution in [-0.2, 0) is 9.53 Å². The molecule has 1 aliphatic carbocycles. The lowest BCUT2D eigenvalue weighted by Gasteiger charge is -2.38. The maximum atomic E-state index is 12.7. The van der Waals surface area contributed by atoms with Crippen molar-refractivity contribution in [3.63, 3.8) is 0 Å². The number of carbonyl (C=O) groups excluding carboxylic acids is 1. The third kappa shape index (κ3) is 3.19. The molecule has 1 aliphatic heterocycles. The Morgan fingerprint density at radius 1 is 0.926 bits per heavy atom. The minimum Gasteiger partial charge on any atom is -0.496 e. The number of methoxy groups -OCH3 is 2. The van der Waals surface area contributed by atoms with Gasteiger partial charge in [-0.2, -0.15) is 0 Å². The van der Waals surface area contributed by atoms with Gasteiger partial charge in [0.1, 0.15) is 17.3 Å². The van der Waals surface area contributed by atoms with Crippen molar-refractivity contribution in [3.05, 3.63) is 71.0 Å². The minimum atomic E-state index is -0.402. The van der Waals surface area contributed by atoms with E-state index in [1.807, 2.05) is 48.5 Å². The Kier molecular flexibility index (Phi) is 4.86. The van der Waals surface area contributed by atoms with Crippen LogP contribution >= 0.6 is 0 Å². The first-order valence-corrected chi connectivity index (χ1v) is 9.17. The average molecular weight is 365 g/mol. The van der Waals surface area contributed by atoms with Gasteiger partial charge in [0, 0.05) is 24.0 Å². The van der Waals surface area contributed by atoms with Crippen molar-refractivity contribution < 1.29 is 19.0 Å². The zero-order chi connectivity index (χ0) is 18.8. The van der Waals surface area contributed by atoms with Gasteiger partial charge in [-0.05, 0) is 18.6 Å². The third-order valence-corrected chi connectivity index (χ3v) is 5.15. The molecule has 0 spiro atoms. The van der Waals surface area contributed by atoms with Gasteiger partial charge in [-0.1, -0.05) is 36.4 Å². The van der Waals surface area contributed by atoms with E-state index in [-0.39, 0.29) is 11.8 Å². The van der Waals surface area contributed by atoms with Crippen molar-refractivity contribution in [2.75, 3.05) is 14.2 Å². The number of para-hydroxylation sites is 2. The molecule has 1 N–H and O–H groups in total. The van der Waals surface area contributed by atoms with Crippen molar-refractivity contribution in [2.24, 2.45) is 0 Å². The number of ketones is 1. The summed E-state index contributed by atoms with van der Waals surface area (Å²) in [6.07, 6.45) is 1.73. The standard InChI is InChI=1S/C22H23NO4/c1-25-17-11-5-3-8-14(17)21-20-16(24)10-7-13-19(20)27-22(23-21)15-9-4-6-12-18(15)26-2/h3-6,8-9,11-12,21-23H,7,10,13H2,1-2H3. The number of allylic oxidation sites excluding steroid dienone is 1. The van der Waals surface area contributed by atoms with E-state index in [0.717, 1.165) is 46.8 Å². The highest BCUT2D eigenvalue weighted by atomic mass is 16.5. The molecule has 5 nitrogen and oxygen atoms in total. The lowest BCUT2D eigenvalue weighted by Crippen LogP contribution is -2.38. The number of Topliss-reactive ketones (excluding diaryl/α,β-unsaturated/α-hetero) is 1. The molecule has 140 valence electrons. The molecular weight excluding hydrogens is 342 g/mol. The van der Waals surface area contributed by atoms with Crippen molar-refractivity contribution >= 4 is 5.78 Å². The lowest BCUT2D eigenvalue weighted by molar-refractivity contribution is -0.118. The highest BCUT2D eigenvalue weighted by Crippen LogP contribution is 2.43. The topological polar surface area (TPSA) is 56.8 Å². The van der Waals surface area contributed by atoms with E-state index in [9.17, 15) is 4.79 Å². The van der Waals surface area contributed by atoms with Crippen LogP contribution in [-0.4, -0.2) is 20.0 Å². The molecule has 2 unspecified atom stereocenters. The SMILES string of the molecule is COc1ccccc1C1NC(c2ccccc2OC)C2=C(CCCC2=O)O1. The van der Waals surface area contributed by atoms with E-state index in [1.165, 1.54) is 0 Å². The Labute approximate surface area is 158 Å². The van der Waals surface area contributed by atoms with Crippen LogP contribution in [0, 0.1) is 0 Å². The van der Waals surface area contributed by atoms with Crippen LogP contribution in [0.25, 0.3) is 0 Å². The van der Waals surface area contributed by atoms with Crippen LogP contribution < -0.4 is 14.8 Å². The van der Waals surface area contributed by atoms with Crippen LogP contribution in [0.2, 0.25) is 0 Å². The molecule has 2 aromatic carbocycles. The van der Waals surface area contributed by atoms with Gasteiger partial charge in [-0.3, -0.25) is 10.1 Å². The van der Waals surface area contributed by atoms with Crippen LogP contribution in [0.3, 0.4) is 0 Å². The van der Waals surface area contributed by atoms with E-state index in [1.54, 1.807) is 14.2 Å².